The molecule has 0 unspecified atom stereocenters. The van der Waals surface area contributed by atoms with Crippen molar-refractivity contribution >= 4 is 17.7 Å². The van der Waals surface area contributed by atoms with Gasteiger partial charge in [-0.2, -0.15) is 0 Å². The van der Waals surface area contributed by atoms with Gasteiger partial charge in [-0.1, -0.05) is 48.0 Å². The van der Waals surface area contributed by atoms with E-state index in [4.69, 9.17) is 16.3 Å². The van der Waals surface area contributed by atoms with Crippen molar-refractivity contribution in [2.24, 2.45) is 0 Å². The second kappa shape index (κ2) is 6.07. The maximum atomic E-state index is 11.5. The Bertz CT molecular complexity index is 528. The summed E-state index contributed by atoms with van der Waals surface area (Å²) in [7, 11) is 0. The number of hydrogen-bond acceptors (Lipinski definition) is 2. The highest BCUT2D eigenvalue weighted by atomic mass is 35.5. The summed E-state index contributed by atoms with van der Waals surface area (Å²) in [6.07, 6.45) is -0.499. The van der Waals surface area contributed by atoms with Crippen LogP contribution >= 0.6 is 11.6 Å². The van der Waals surface area contributed by atoms with Gasteiger partial charge in [-0.15, -0.1) is 0 Å². The second-order valence-corrected chi connectivity index (χ2v) is 4.05. The Balaban J connectivity index is 1.88. The largest absolute Gasteiger partial charge is 0.412 e. The van der Waals surface area contributed by atoms with E-state index in [0.29, 0.717) is 17.3 Å². The van der Waals surface area contributed by atoms with Crippen molar-refractivity contribution in [3.63, 3.8) is 0 Å². The Morgan fingerprint density at radius 3 is 2.44 bits per heavy atom. The predicted octanol–water partition coefficient (Wildman–Crippen LogP) is 3.63. The van der Waals surface area contributed by atoms with Gasteiger partial charge in [0, 0.05) is 11.6 Å². The number of hydrogen-bond donors (Lipinski definition) is 1. The first-order valence-corrected chi connectivity index (χ1v) is 5.87. The third kappa shape index (κ3) is 3.50. The number of ether oxygens (including phenoxy) is 1. The van der Waals surface area contributed by atoms with Crippen molar-refractivity contribution in [2.45, 2.75) is 6.54 Å². The Kier molecular flexibility index (Phi) is 4.20. The van der Waals surface area contributed by atoms with Crippen LogP contribution in [0.15, 0.2) is 54.6 Å². The van der Waals surface area contributed by atoms with Gasteiger partial charge in [-0.25, -0.2) is 4.79 Å². The van der Waals surface area contributed by atoms with E-state index in [-0.39, 0.29) is 0 Å². The molecular weight excluding hydrogens is 250 g/mol. The molecule has 1 N–H and O–H groups in total. The van der Waals surface area contributed by atoms with E-state index >= 15 is 0 Å². The smallest absolute Gasteiger partial charge is 0.410 e. The average Bonchev–Trinajstić information content (AvgIpc) is 2.39. The summed E-state index contributed by atoms with van der Waals surface area (Å²) in [5.74, 6) is 0.508. The summed E-state index contributed by atoms with van der Waals surface area (Å²) in [5.41, 5.74) is 0.851. The number of carbonyl (C=O) groups is 1. The van der Waals surface area contributed by atoms with Crippen molar-refractivity contribution in [3.05, 3.63) is 65.2 Å². The second-order valence-electron chi connectivity index (χ2n) is 3.65. The number of carbonyl (C=O) groups excluding carboxylic acids is 1. The molecule has 4 heteroatoms. The highest BCUT2D eigenvalue weighted by Gasteiger charge is 2.05. The zero-order valence-electron chi connectivity index (χ0n) is 9.60. The summed E-state index contributed by atoms with van der Waals surface area (Å²) in [6.45, 7) is 0.339. The summed E-state index contributed by atoms with van der Waals surface area (Å²) in [6, 6.07) is 16.2. The highest BCUT2D eigenvalue weighted by molar-refractivity contribution is 6.31. The summed E-state index contributed by atoms with van der Waals surface area (Å²) >= 11 is 5.98. The number of para-hydroxylation sites is 1. The van der Waals surface area contributed by atoms with Gasteiger partial charge in [0.05, 0.1) is 0 Å². The van der Waals surface area contributed by atoms with Gasteiger partial charge in [-0.05, 0) is 23.8 Å². The van der Waals surface area contributed by atoms with Crippen LogP contribution in [-0.4, -0.2) is 6.09 Å². The Morgan fingerprint density at radius 1 is 1.06 bits per heavy atom. The van der Waals surface area contributed by atoms with E-state index in [1.54, 1.807) is 30.3 Å². The molecule has 0 heterocycles. The minimum Gasteiger partial charge on any atom is -0.410 e. The van der Waals surface area contributed by atoms with Crippen LogP contribution < -0.4 is 10.1 Å². The molecule has 1 amide bonds. The van der Waals surface area contributed by atoms with Crippen LogP contribution in [0.1, 0.15) is 5.56 Å². The van der Waals surface area contributed by atoms with Crippen molar-refractivity contribution in [3.8, 4) is 5.75 Å². The molecule has 18 heavy (non-hydrogen) atoms. The normalized spacial score (nSPS) is 9.83. The third-order valence-corrected chi connectivity index (χ3v) is 2.70. The SMILES string of the molecule is O=C(NCc1ccccc1Cl)Oc1ccccc1. The first-order chi connectivity index (χ1) is 8.75. The fourth-order valence-corrected chi connectivity index (χ4v) is 1.64. The zero-order chi connectivity index (χ0) is 12.8. The minimum atomic E-state index is -0.499. The number of rotatable bonds is 3. The van der Waals surface area contributed by atoms with E-state index in [9.17, 15) is 4.79 Å². The minimum absolute atomic E-state index is 0.339. The van der Waals surface area contributed by atoms with Crippen LogP contribution in [0.3, 0.4) is 0 Å². The van der Waals surface area contributed by atoms with Crippen LogP contribution in [0, 0.1) is 0 Å². The quantitative estimate of drug-likeness (QED) is 0.916. The van der Waals surface area contributed by atoms with Gasteiger partial charge in [0.15, 0.2) is 0 Å². The molecule has 2 aromatic carbocycles. The first kappa shape index (κ1) is 12.5. The number of benzene rings is 2. The van der Waals surface area contributed by atoms with E-state index in [0.717, 1.165) is 5.56 Å². The van der Waals surface area contributed by atoms with Gasteiger partial charge in [-0.3, -0.25) is 0 Å². The Labute approximate surface area is 110 Å². The molecule has 0 saturated carbocycles. The zero-order valence-corrected chi connectivity index (χ0v) is 10.4. The molecule has 0 aliphatic carbocycles. The Hall–Kier alpha value is -2.00. The standard InChI is InChI=1S/C14H12ClNO2/c15-13-9-5-4-6-11(13)10-16-14(17)18-12-7-2-1-3-8-12/h1-9H,10H2,(H,16,17). The molecule has 2 rings (SSSR count). The molecule has 3 nitrogen and oxygen atoms in total. The molecule has 0 aliphatic heterocycles. The van der Waals surface area contributed by atoms with E-state index in [1.165, 1.54) is 0 Å². The number of halogens is 1. The number of nitrogens with one attached hydrogen (secondary N) is 1. The maximum absolute atomic E-state index is 11.5. The van der Waals surface area contributed by atoms with Crippen molar-refractivity contribution in [1.29, 1.82) is 0 Å². The molecule has 0 saturated heterocycles. The molecule has 0 fully saturated rings. The molecule has 92 valence electrons. The van der Waals surface area contributed by atoms with Crippen molar-refractivity contribution in [2.75, 3.05) is 0 Å². The third-order valence-electron chi connectivity index (χ3n) is 2.33. The lowest BCUT2D eigenvalue weighted by atomic mass is 10.2. The molecule has 0 radical (unpaired) electrons. The van der Waals surface area contributed by atoms with Gasteiger partial charge in [0.25, 0.3) is 0 Å². The van der Waals surface area contributed by atoms with E-state index < -0.39 is 6.09 Å². The molecule has 2 aromatic rings. The molecule has 0 bridgehead atoms. The van der Waals surface area contributed by atoms with Crippen molar-refractivity contribution in [1.82, 2.24) is 5.32 Å². The lowest BCUT2D eigenvalue weighted by Gasteiger charge is -2.07. The van der Waals surface area contributed by atoms with Crippen LogP contribution in [0.25, 0.3) is 0 Å². The van der Waals surface area contributed by atoms with Crippen LogP contribution in [-0.2, 0) is 6.54 Å². The summed E-state index contributed by atoms with van der Waals surface area (Å²) in [5, 5.41) is 3.27. The van der Waals surface area contributed by atoms with Crippen LogP contribution in [0.2, 0.25) is 5.02 Å². The van der Waals surface area contributed by atoms with Crippen molar-refractivity contribution < 1.29 is 9.53 Å². The topological polar surface area (TPSA) is 38.3 Å². The molecule has 0 spiro atoms. The summed E-state index contributed by atoms with van der Waals surface area (Å²) in [4.78, 5) is 11.5. The predicted molar refractivity (Wildman–Crippen MR) is 70.8 cm³/mol. The fourth-order valence-electron chi connectivity index (χ4n) is 1.44. The lowest BCUT2D eigenvalue weighted by Crippen LogP contribution is -2.26. The van der Waals surface area contributed by atoms with Crippen LogP contribution in [0.5, 0.6) is 5.75 Å². The van der Waals surface area contributed by atoms with Crippen LogP contribution in [0.4, 0.5) is 4.79 Å². The average molecular weight is 262 g/mol. The lowest BCUT2D eigenvalue weighted by molar-refractivity contribution is 0.200. The maximum Gasteiger partial charge on any atom is 0.412 e. The highest BCUT2D eigenvalue weighted by Crippen LogP contribution is 2.14. The molecule has 0 aliphatic rings. The van der Waals surface area contributed by atoms with Gasteiger partial charge in [0.1, 0.15) is 5.75 Å². The molecule has 0 atom stereocenters. The molecule has 0 aromatic heterocycles. The summed E-state index contributed by atoms with van der Waals surface area (Å²) < 4.78 is 5.08. The van der Waals surface area contributed by atoms with E-state index in [1.807, 2.05) is 24.3 Å². The molecular formula is C14H12ClNO2. The van der Waals surface area contributed by atoms with Gasteiger partial charge >= 0.3 is 6.09 Å². The Morgan fingerprint density at radius 2 is 1.72 bits per heavy atom. The first-order valence-electron chi connectivity index (χ1n) is 5.50. The fraction of sp³-hybridized carbons (Fsp3) is 0.0714. The van der Waals surface area contributed by atoms with Gasteiger partial charge < -0.3 is 10.1 Å². The van der Waals surface area contributed by atoms with Gasteiger partial charge in [0.2, 0.25) is 0 Å². The number of amides is 1. The van der Waals surface area contributed by atoms with E-state index in [2.05, 4.69) is 5.32 Å². The monoisotopic (exact) mass is 261 g/mol.